The van der Waals surface area contributed by atoms with E-state index in [4.69, 9.17) is 9.84 Å². The Morgan fingerprint density at radius 3 is 2.50 bits per heavy atom. The Morgan fingerprint density at radius 2 is 1.85 bits per heavy atom. The van der Waals surface area contributed by atoms with Gasteiger partial charge >= 0.3 is 5.97 Å². The second-order valence-corrected chi connectivity index (χ2v) is 6.94. The zero-order valence-electron chi connectivity index (χ0n) is 14.6. The Balaban J connectivity index is 1.57. The molecule has 0 saturated carbocycles. The molecule has 1 aliphatic heterocycles. The fourth-order valence-electron chi connectivity index (χ4n) is 2.53. The lowest BCUT2D eigenvalue weighted by Gasteiger charge is -2.17. The summed E-state index contributed by atoms with van der Waals surface area (Å²) in [6, 6.07) is 14.9. The summed E-state index contributed by atoms with van der Waals surface area (Å²) in [5.74, 6) is -0.0306. The van der Waals surface area contributed by atoms with Crippen molar-refractivity contribution < 1.29 is 14.6 Å². The number of rotatable bonds is 8. The number of carbonyl (C=O) groups is 1. The summed E-state index contributed by atoms with van der Waals surface area (Å²) in [5, 5.41) is 8.98. The van der Waals surface area contributed by atoms with Crippen molar-refractivity contribution in [3.8, 4) is 5.75 Å². The largest absolute Gasteiger partial charge is 0.494 e. The molecule has 136 valence electrons. The molecule has 0 saturated heterocycles. The highest BCUT2D eigenvalue weighted by Crippen LogP contribution is 2.37. The molecule has 3 rings (SSSR count). The second kappa shape index (κ2) is 8.67. The summed E-state index contributed by atoms with van der Waals surface area (Å²) < 4.78 is 7.65. The van der Waals surface area contributed by atoms with Gasteiger partial charge in [-0.1, -0.05) is 31.9 Å². The number of nitrogens with one attached hydrogen (secondary N) is 1. The third kappa shape index (κ3) is 4.52. The van der Waals surface area contributed by atoms with Crippen LogP contribution < -0.4 is 14.6 Å². The van der Waals surface area contributed by atoms with Crippen molar-refractivity contribution in [1.29, 1.82) is 0 Å². The maximum atomic E-state index is 10.9. The van der Waals surface area contributed by atoms with Gasteiger partial charge in [0, 0.05) is 18.1 Å². The molecule has 2 aromatic carbocycles. The lowest BCUT2D eigenvalue weighted by Crippen LogP contribution is -2.22. The Hall–Kier alpha value is -2.60. The average Bonchev–Trinajstić information content (AvgIpc) is 3.16. The van der Waals surface area contributed by atoms with Gasteiger partial charge in [-0.05, 0) is 48.4 Å². The number of unbranched alkanes of at least 4 members (excludes halogenated alkanes) is 2. The topological polar surface area (TPSA) is 61.8 Å². The summed E-state index contributed by atoms with van der Waals surface area (Å²) >= 11 is 1.56. The number of anilines is 1. The van der Waals surface area contributed by atoms with E-state index < -0.39 is 5.97 Å². The van der Waals surface area contributed by atoms with Crippen LogP contribution in [0.2, 0.25) is 0 Å². The van der Waals surface area contributed by atoms with Gasteiger partial charge < -0.3 is 9.84 Å². The van der Waals surface area contributed by atoms with Crippen molar-refractivity contribution in [2.45, 2.75) is 26.2 Å². The van der Waals surface area contributed by atoms with E-state index in [-0.39, 0.29) is 5.56 Å². The van der Waals surface area contributed by atoms with Crippen LogP contribution in [0.1, 0.15) is 42.1 Å². The molecule has 1 aliphatic rings. The van der Waals surface area contributed by atoms with E-state index in [0.29, 0.717) is 0 Å². The number of hydrazine groups is 1. The number of benzene rings is 2. The van der Waals surface area contributed by atoms with Gasteiger partial charge in [0.15, 0.2) is 0 Å². The number of aromatic carboxylic acids is 1. The van der Waals surface area contributed by atoms with E-state index in [1.54, 1.807) is 36.2 Å². The summed E-state index contributed by atoms with van der Waals surface area (Å²) in [4.78, 5) is 12.0. The van der Waals surface area contributed by atoms with Crippen molar-refractivity contribution in [2.75, 3.05) is 11.0 Å². The van der Waals surface area contributed by atoms with Crippen molar-refractivity contribution in [2.24, 2.45) is 0 Å². The number of carboxylic acid groups (broad SMARTS) is 1. The molecule has 5 nitrogen and oxygen atoms in total. The summed E-state index contributed by atoms with van der Waals surface area (Å²) in [7, 11) is 0. The number of hydrogen-bond donors (Lipinski definition) is 2. The lowest BCUT2D eigenvalue weighted by molar-refractivity contribution is 0.0697. The number of nitrogens with zero attached hydrogens (tertiary/aromatic N) is 1. The first-order valence-electron chi connectivity index (χ1n) is 8.68. The van der Waals surface area contributed by atoms with E-state index in [0.717, 1.165) is 34.9 Å². The van der Waals surface area contributed by atoms with Gasteiger partial charge in [-0.3, -0.25) is 5.43 Å². The number of hydrogen-bond acceptors (Lipinski definition) is 5. The van der Waals surface area contributed by atoms with Crippen LogP contribution in [0.4, 0.5) is 5.69 Å². The highest BCUT2D eigenvalue weighted by atomic mass is 32.2. The van der Waals surface area contributed by atoms with Crippen LogP contribution in [0, 0.1) is 0 Å². The molecular formula is C20H22N2O3S. The lowest BCUT2D eigenvalue weighted by atomic mass is 10.2. The molecule has 0 amide bonds. The van der Waals surface area contributed by atoms with Gasteiger partial charge in [-0.15, -0.1) is 0 Å². The van der Waals surface area contributed by atoms with Crippen LogP contribution in [0.3, 0.4) is 0 Å². The van der Waals surface area contributed by atoms with Gasteiger partial charge in [0.2, 0.25) is 0 Å². The normalized spacial score (nSPS) is 13.3. The van der Waals surface area contributed by atoms with Crippen LogP contribution >= 0.6 is 11.9 Å². The van der Waals surface area contributed by atoms with Crippen LogP contribution in [0.25, 0.3) is 4.91 Å². The molecule has 0 fully saturated rings. The molecule has 0 bridgehead atoms. The minimum Gasteiger partial charge on any atom is -0.494 e. The van der Waals surface area contributed by atoms with E-state index in [9.17, 15) is 4.79 Å². The predicted octanol–water partition coefficient (Wildman–Crippen LogP) is 4.93. The van der Waals surface area contributed by atoms with Gasteiger partial charge in [0.05, 0.1) is 22.8 Å². The first-order valence-corrected chi connectivity index (χ1v) is 9.46. The molecule has 0 unspecified atom stereocenters. The zero-order valence-corrected chi connectivity index (χ0v) is 15.5. The Kier molecular flexibility index (Phi) is 6.07. The maximum Gasteiger partial charge on any atom is 0.335 e. The van der Waals surface area contributed by atoms with Crippen molar-refractivity contribution >= 4 is 28.5 Å². The van der Waals surface area contributed by atoms with Crippen LogP contribution in [-0.4, -0.2) is 17.7 Å². The minimum absolute atomic E-state index is 0.278. The smallest absolute Gasteiger partial charge is 0.335 e. The molecule has 0 radical (unpaired) electrons. The van der Waals surface area contributed by atoms with Crippen LogP contribution in [-0.2, 0) is 0 Å². The SMILES string of the molecule is CCCCCOc1ccc(C2=CNN(c3ccc(C(=O)O)cc3)S2)cc1. The Bertz CT molecular complexity index is 773. The molecule has 1 heterocycles. The molecule has 2 N–H and O–H groups in total. The Morgan fingerprint density at radius 1 is 1.12 bits per heavy atom. The first kappa shape index (κ1) is 18.2. The number of ether oxygens (including phenoxy) is 1. The van der Waals surface area contributed by atoms with Crippen LogP contribution in [0.5, 0.6) is 5.75 Å². The minimum atomic E-state index is -0.922. The molecule has 26 heavy (non-hydrogen) atoms. The third-order valence-electron chi connectivity index (χ3n) is 4.01. The molecule has 0 aromatic heterocycles. The summed E-state index contributed by atoms with van der Waals surface area (Å²) in [6.45, 7) is 2.94. The monoisotopic (exact) mass is 370 g/mol. The molecular weight excluding hydrogens is 348 g/mol. The van der Waals surface area contributed by atoms with E-state index in [1.807, 2.05) is 34.9 Å². The summed E-state index contributed by atoms with van der Waals surface area (Å²) in [6.07, 6.45) is 5.40. The van der Waals surface area contributed by atoms with Crippen LogP contribution in [0.15, 0.2) is 54.7 Å². The van der Waals surface area contributed by atoms with Gasteiger partial charge in [-0.25, -0.2) is 9.21 Å². The van der Waals surface area contributed by atoms with Gasteiger partial charge in [-0.2, -0.15) is 0 Å². The fraction of sp³-hybridized carbons (Fsp3) is 0.250. The molecule has 0 spiro atoms. The quantitative estimate of drug-likeness (QED) is 0.508. The standard InChI is InChI=1S/C20H22N2O3S/c1-2-3-4-13-25-18-11-7-15(8-12-18)19-14-21-22(26-19)17-9-5-16(6-10-17)20(23)24/h5-12,14,21H,2-4,13H2,1H3,(H,23,24). The van der Waals surface area contributed by atoms with Crippen molar-refractivity contribution in [3.63, 3.8) is 0 Å². The molecule has 6 heteroatoms. The van der Waals surface area contributed by atoms with Gasteiger partial charge in [0.1, 0.15) is 5.75 Å². The number of carboxylic acids is 1. The predicted molar refractivity (Wildman–Crippen MR) is 106 cm³/mol. The highest BCUT2D eigenvalue weighted by Gasteiger charge is 2.17. The van der Waals surface area contributed by atoms with Crippen molar-refractivity contribution in [1.82, 2.24) is 5.43 Å². The van der Waals surface area contributed by atoms with Gasteiger partial charge in [0.25, 0.3) is 0 Å². The van der Waals surface area contributed by atoms with E-state index in [2.05, 4.69) is 12.3 Å². The second-order valence-electron chi connectivity index (χ2n) is 5.96. The first-order chi connectivity index (χ1) is 12.7. The Labute approximate surface area is 157 Å². The molecule has 0 aliphatic carbocycles. The maximum absolute atomic E-state index is 10.9. The molecule has 2 aromatic rings. The fourth-order valence-corrected chi connectivity index (χ4v) is 3.40. The van der Waals surface area contributed by atoms with E-state index in [1.165, 1.54) is 12.8 Å². The van der Waals surface area contributed by atoms with E-state index >= 15 is 0 Å². The van der Waals surface area contributed by atoms with Crippen molar-refractivity contribution in [3.05, 3.63) is 65.9 Å². The summed E-state index contributed by atoms with van der Waals surface area (Å²) in [5.41, 5.74) is 5.46. The zero-order chi connectivity index (χ0) is 18.4. The molecule has 0 atom stereocenters. The third-order valence-corrected chi connectivity index (χ3v) is 5.06. The highest BCUT2D eigenvalue weighted by molar-refractivity contribution is 8.09. The average molecular weight is 370 g/mol.